The van der Waals surface area contributed by atoms with E-state index in [-0.39, 0.29) is 5.91 Å². The number of hydrogen-bond acceptors (Lipinski definition) is 4. The number of rotatable bonds is 6. The topological polar surface area (TPSA) is 45.7 Å². The summed E-state index contributed by atoms with van der Waals surface area (Å²) in [5, 5.41) is 0. The zero-order chi connectivity index (χ0) is 17.5. The number of carbonyl (C=O) groups excluding carboxylic acids is 1. The maximum Gasteiger partial charge on any atom is 0.222 e. The molecule has 1 amide bonds. The van der Waals surface area contributed by atoms with Crippen LogP contribution in [0.2, 0.25) is 0 Å². The van der Waals surface area contributed by atoms with Gasteiger partial charge >= 0.3 is 0 Å². The molecule has 2 heterocycles. The number of nitrogens with zero attached hydrogens (tertiary/aromatic N) is 3. The molecule has 0 aliphatic carbocycles. The second-order valence-corrected chi connectivity index (χ2v) is 6.36. The fourth-order valence-corrected chi connectivity index (χ4v) is 3.10. The van der Waals surface area contributed by atoms with Gasteiger partial charge in [0.25, 0.3) is 0 Å². The Hall–Kier alpha value is -2.40. The van der Waals surface area contributed by atoms with E-state index in [9.17, 15) is 4.79 Å². The molecule has 1 aliphatic rings. The Bertz CT molecular complexity index is 665. The number of piperazine rings is 1. The number of amides is 1. The van der Waals surface area contributed by atoms with E-state index < -0.39 is 0 Å². The summed E-state index contributed by atoms with van der Waals surface area (Å²) < 4.78 is 5.16. The highest BCUT2D eigenvalue weighted by Gasteiger charge is 2.20. The molecule has 0 atom stereocenters. The van der Waals surface area contributed by atoms with Crippen LogP contribution in [0.1, 0.15) is 17.5 Å². The lowest BCUT2D eigenvalue weighted by atomic mass is 10.1. The molecule has 2 aromatic rings. The zero-order valence-electron chi connectivity index (χ0n) is 14.7. The highest BCUT2D eigenvalue weighted by atomic mass is 16.5. The van der Waals surface area contributed by atoms with Gasteiger partial charge in [0.15, 0.2) is 0 Å². The van der Waals surface area contributed by atoms with Crippen molar-refractivity contribution in [2.45, 2.75) is 19.4 Å². The highest BCUT2D eigenvalue weighted by Crippen LogP contribution is 2.14. The fourth-order valence-electron chi connectivity index (χ4n) is 3.10. The van der Waals surface area contributed by atoms with Crippen molar-refractivity contribution < 1.29 is 9.53 Å². The summed E-state index contributed by atoms with van der Waals surface area (Å²) in [6.07, 6.45) is 5.00. The Kier molecular flexibility index (Phi) is 6.01. The Balaban J connectivity index is 1.41. The van der Waals surface area contributed by atoms with Crippen molar-refractivity contribution in [3.05, 3.63) is 59.9 Å². The van der Waals surface area contributed by atoms with Crippen LogP contribution in [0.25, 0.3) is 0 Å². The van der Waals surface area contributed by atoms with Gasteiger partial charge in [0.05, 0.1) is 7.11 Å². The molecule has 3 rings (SSSR count). The van der Waals surface area contributed by atoms with Gasteiger partial charge in [-0.3, -0.25) is 14.7 Å². The predicted molar refractivity (Wildman–Crippen MR) is 97.4 cm³/mol. The van der Waals surface area contributed by atoms with Crippen LogP contribution < -0.4 is 4.74 Å². The van der Waals surface area contributed by atoms with Gasteiger partial charge in [-0.15, -0.1) is 0 Å². The Morgan fingerprint density at radius 1 is 1.00 bits per heavy atom. The van der Waals surface area contributed by atoms with Crippen LogP contribution in [0.4, 0.5) is 0 Å². The number of benzene rings is 1. The smallest absolute Gasteiger partial charge is 0.222 e. The monoisotopic (exact) mass is 339 g/mol. The van der Waals surface area contributed by atoms with Crippen molar-refractivity contribution >= 4 is 5.91 Å². The van der Waals surface area contributed by atoms with Crippen LogP contribution in [-0.2, 0) is 17.8 Å². The fraction of sp³-hybridized carbons (Fsp3) is 0.400. The molecule has 1 aromatic heterocycles. The third kappa shape index (κ3) is 5.03. The van der Waals surface area contributed by atoms with E-state index in [2.05, 4.69) is 9.88 Å². The van der Waals surface area contributed by atoms with Crippen molar-refractivity contribution in [3.63, 3.8) is 0 Å². The lowest BCUT2D eigenvalue weighted by Gasteiger charge is -2.34. The van der Waals surface area contributed by atoms with E-state index in [1.54, 1.807) is 7.11 Å². The number of ether oxygens (including phenoxy) is 1. The number of carbonyl (C=O) groups is 1. The summed E-state index contributed by atoms with van der Waals surface area (Å²) >= 11 is 0. The molecular formula is C20H25N3O2. The van der Waals surface area contributed by atoms with E-state index in [1.807, 2.05) is 53.7 Å². The number of pyridine rings is 1. The first-order valence-corrected chi connectivity index (χ1v) is 8.76. The summed E-state index contributed by atoms with van der Waals surface area (Å²) in [4.78, 5) is 20.9. The van der Waals surface area contributed by atoms with Crippen molar-refractivity contribution in [3.8, 4) is 5.75 Å². The summed E-state index contributed by atoms with van der Waals surface area (Å²) in [6.45, 7) is 4.41. The lowest BCUT2D eigenvalue weighted by molar-refractivity contribution is -0.133. The molecule has 1 saturated heterocycles. The molecule has 0 unspecified atom stereocenters. The van der Waals surface area contributed by atoms with Gasteiger partial charge in [-0.2, -0.15) is 0 Å². The minimum atomic E-state index is 0.249. The molecule has 0 saturated carbocycles. The first-order chi connectivity index (χ1) is 12.2. The van der Waals surface area contributed by atoms with Gasteiger partial charge in [-0.25, -0.2) is 0 Å². The summed E-state index contributed by atoms with van der Waals surface area (Å²) in [6, 6.07) is 12.0. The molecule has 1 aromatic carbocycles. The van der Waals surface area contributed by atoms with Crippen LogP contribution in [0, 0.1) is 0 Å². The number of methoxy groups -OCH3 is 1. The standard InChI is InChI=1S/C20H25N3O2/c1-25-19-5-2-17(3-6-19)4-7-20(24)23-14-12-22(13-15-23)16-18-8-10-21-11-9-18/h2-3,5-6,8-11H,4,7,12-16H2,1H3. The molecule has 132 valence electrons. The predicted octanol–water partition coefficient (Wildman–Crippen LogP) is 2.37. The van der Waals surface area contributed by atoms with E-state index in [0.29, 0.717) is 6.42 Å². The van der Waals surface area contributed by atoms with Gasteiger partial charge < -0.3 is 9.64 Å². The Morgan fingerprint density at radius 3 is 2.32 bits per heavy atom. The Morgan fingerprint density at radius 2 is 1.68 bits per heavy atom. The van der Waals surface area contributed by atoms with E-state index in [0.717, 1.165) is 44.9 Å². The molecular weight excluding hydrogens is 314 g/mol. The van der Waals surface area contributed by atoms with Crippen LogP contribution in [-0.4, -0.2) is 54.0 Å². The molecule has 0 radical (unpaired) electrons. The molecule has 0 bridgehead atoms. The van der Waals surface area contributed by atoms with Gasteiger partial charge in [-0.1, -0.05) is 12.1 Å². The maximum atomic E-state index is 12.4. The average molecular weight is 339 g/mol. The third-order valence-electron chi connectivity index (χ3n) is 4.67. The first kappa shape index (κ1) is 17.4. The number of aryl methyl sites for hydroxylation is 1. The molecule has 5 nitrogen and oxygen atoms in total. The van der Waals surface area contributed by atoms with Crippen LogP contribution in [0.15, 0.2) is 48.8 Å². The molecule has 0 spiro atoms. The molecule has 0 N–H and O–H groups in total. The van der Waals surface area contributed by atoms with Crippen molar-refractivity contribution in [2.24, 2.45) is 0 Å². The van der Waals surface area contributed by atoms with E-state index in [4.69, 9.17) is 4.74 Å². The summed E-state index contributed by atoms with van der Waals surface area (Å²) in [7, 11) is 1.66. The van der Waals surface area contributed by atoms with Gasteiger partial charge in [-0.05, 0) is 41.8 Å². The average Bonchev–Trinajstić information content (AvgIpc) is 2.68. The second-order valence-electron chi connectivity index (χ2n) is 6.36. The summed E-state index contributed by atoms with van der Waals surface area (Å²) in [5.41, 5.74) is 2.44. The summed E-state index contributed by atoms with van der Waals surface area (Å²) in [5.74, 6) is 1.10. The molecule has 25 heavy (non-hydrogen) atoms. The normalized spacial score (nSPS) is 15.2. The molecule has 5 heteroatoms. The van der Waals surface area contributed by atoms with Gasteiger partial charge in [0.2, 0.25) is 5.91 Å². The second kappa shape index (κ2) is 8.62. The molecule has 1 aliphatic heterocycles. The van der Waals surface area contributed by atoms with Crippen molar-refractivity contribution in [2.75, 3.05) is 33.3 Å². The Labute approximate surface area is 149 Å². The minimum absolute atomic E-state index is 0.249. The van der Waals surface area contributed by atoms with Crippen LogP contribution in [0.3, 0.4) is 0 Å². The third-order valence-corrected chi connectivity index (χ3v) is 4.67. The van der Waals surface area contributed by atoms with E-state index >= 15 is 0 Å². The largest absolute Gasteiger partial charge is 0.497 e. The SMILES string of the molecule is COc1ccc(CCC(=O)N2CCN(Cc3ccncc3)CC2)cc1. The lowest BCUT2D eigenvalue weighted by Crippen LogP contribution is -2.48. The highest BCUT2D eigenvalue weighted by molar-refractivity contribution is 5.76. The van der Waals surface area contributed by atoms with Crippen molar-refractivity contribution in [1.29, 1.82) is 0 Å². The van der Waals surface area contributed by atoms with E-state index in [1.165, 1.54) is 11.1 Å². The number of hydrogen-bond donors (Lipinski definition) is 0. The minimum Gasteiger partial charge on any atom is -0.497 e. The number of aromatic nitrogens is 1. The maximum absolute atomic E-state index is 12.4. The van der Waals surface area contributed by atoms with Crippen LogP contribution >= 0.6 is 0 Å². The quantitative estimate of drug-likeness (QED) is 0.811. The zero-order valence-corrected chi connectivity index (χ0v) is 14.7. The van der Waals surface area contributed by atoms with Gasteiger partial charge in [0.1, 0.15) is 5.75 Å². The molecule has 1 fully saturated rings. The van der Waals surface area contributed by atoms with Crippen molar-refractivity contribution in [1.82, 2.24) is 14.8 Å². The first-order valence-electron chi connectivity index (χ1n) is 8.76. The van der Waals surface area contributed by atoms with Gasteiger partial charge in [0, 0.05) is 51.5 Å². The van der Waals surface area contributed by atoms with Crippen LogP contribution in [0.5, 0.6) is 5.75 Å².